The van der Waals surface area contributed by atoms with Gasteiger partial charge >= 0.3 is 0 Å². The van der Waals surface area contributed by atoms with Crippen molar-refractivity contribution in [1.82, 2.24) is 15.1 Å². The Kier molecular flexibility index (Phi) is 3.26. The molecule has 0 aromatic heterocycles. The topological polar surface area (TPSA) is 35.6 Å². The van der Waals surface area contributed by atoms with Gasteiger partial charge in [0.05, 0.1) is 6.54 Å². The van der Waals surface area contributed by atoms with Crippen molar-refractivity contribution in [2.75, 3.05) is 33.2 Å². The van der Waals surface area contributed by atoms with Crippen LogP contribution in [0.3, 0.4) is 0 Å². The van der Waals surface area contributed by atoms with Crippen molar-refractivity contribution in [1.29, 1.82) is 0 Å². The summed E-state index contributed by atoms with van der Waals surface area (Å²) in [5, 5.41) is 3.38. The van der Waals surface area contributed by atoms with Gasteiger partial charge in [-0.25, -0.2) is 0 Å². The van der Waals surface area contributed by atoms with E-state index < -0.39 is 0 Å². The van der Waals surface area contributed by atoms with Crippen LogP contribution >= 0.6 is 0 Å². The molecule has 0 radical (unpaired) electrons. The van der Waals surface area contributed by atoms with E-state index in [2.05, 4.69) is 17.1 Å². The van der Waals surface area contributed by atoms with Crippen molar-refractivity contribution in [2.45, 2.75) is 31.8 Å². The van der Waals surface area contributed by atoms with Crippen molar-refractivity contribution < 1.29 is 4.79 Å². The van der Waals surface area contributed by atoms with Gasteiger partial charge in [-0.1, -0.05) is 0 Å². The van der Waals surface area contributed by atoms with Gasteiger partial charge in [-0.2, -0.15) is 0 Å². The van der Waals surface area contributed by atoms with Gasteiger partial charge in [-0.3, -0.25) is 9.69 Å². The Balaban J connectivity index is 1.77. The van der Waals surface area contributed by atoms with Crippen molar-refractivity contribution in [3.05, 3.63) is 0 Å². The standard InChI is InChI=1S/C11H21N3O/c1-9-7-14(6-5-12-9)8-11(15)13(2)10-3-4-10/h9-10,12H,3-8H2,1-2H3/t9-/m0/s1. The van der Waals surface area contributed by atoms with Crippen molar-refractivity contribution >= 4 is 5.91 Å². The average molecular weight is 211 g/mol. The van der Waals surface area contributed by atoms with E-state index in [-0.39, 0.29) is 5.91 Å². The van der Waals surface area contributed by atoms with Crippen LogP contribution in [-0.2, 0) is 4.79 Å². The van der Waals surface area contributed by atoms with E-state index in [1.165, 1.54) is 12.8 Å². The zero-order valence-electron chi connectivity index (χ0n) is 9.70. The van der Waals surface area contributed by atoms with Crippen LogP contribution in [0, 0.1) is 0 Å². The maximum Gasteiger partial charge on any atom is 0.236 e. The van der Waals surface area contributed by atoms with Gasteiger partial charge in [0.25, 0.3) is 0 Å². The summed E-state index contributed by atoms with van der Waals surface area (Å²) in [6.07, 6.45) is 2.39. The van der Waals surface area contributed by atoms with Crippen LogP contribution in [0.2, 0.25) is 0 Å². The van der Waals surface area contributed by atoms with Crippen LogP contribution < -0.4 is 5.32 Å². The Morgan fingerprint density at radius 2 is 2.27 bits per heavy atom. The van der Waals surface area contributed by atoms with Gasteiger partial charge in [0.1, 0.15) is 0 Å². The smallest absolute Gasteiger partial charge is 0.236 e. The van der Waals surface area contributed by atoms with E-state index >= 15 is 0 Å². The number of carbonyl (C=O) groups excluding carboxylic acids is 1. The summed E-state index contributed by atoms with van der Waals surface area (Å²) in [5.74, 6) is 0.284. The van der Waals surface area contributed by atoms with Gasteiger partial charge < -0.3 is 10.2 Å². The quantitative estimate of drug-likeness (QED) is 0.708. The minimum Gasteiger partial charge on any atom is -0.342 e. The molecule has 0 aromatic carbocycles. The lowest BCUT2D eigenvalue weighted by Gasteiger charge is -2.32. The monoisotopic (exact) mass is 211 g/mol. The fourth-order valence-electron chi connectivity index (χ4n) is 2.12. The van der Waals surface area contributed by atoms with Crippen LogP contribution in [0.5, 0.6) is 0 Å². The molecule has 1 aliphatic carbocycles. The highest BCUT2D eigenvalue weighted by Crippen LogP contribution is 2.25. The number of carbonyl (C=O) groups is 1. The minimum absolute atomic E-state index is 0.284. The first-order chi connectivity index (χ1) is 7.16. The molecule has 4 heteroatoms. The molecule has 2 rings (SSSR count). The zero-order valence-corrected chi connectivity index (χ0v) is 9.70. The molecule has 0 bridgehead atoms. The molecule has 4 nitrogen and oxygen atoms in total. The molecule has 2 fully saturated rings. The van der Waals surface area contributed by atoms with Crippen molar-refractivity contribution in [2.24, 2.45) is 0 Å². The molecule has 0 spiro atoms. The summed E-state index contributed by atoms with van der Waals surface area (Å²) in [6, 6.07) is 1.05. The third-order valence-electron chi connectivity index (χ3n) is 3.30. The molecule has 1 aliphatic heterocycles. The summed E-state index contributed by atoms with van der Waals surface area (Å²) in [5.41, 5.74) is 0. The van der Waals surface area contributed by atoms with Gasteiger partial charge in [-0.05, 0) is 19.8 Å². The maximum atomic E-state index is 11.9. The SMILES string of the molecule is C[C@H]1CN(CC(=O)N(C)C2CC2)CCN1. The predicted octanol–water partition coefficient (Wildman–Crippen LogP) is -0.0991. The Morgan fingerprint density at radius 1 is 1.53 bits per heavy atom. The Hall–Kier alpha value is -0.610. The third kappa shape index (κ3) is 2.92. The third-order valence-corrected chi connectivity index (χ3v) is 3.30. The molecule has 1 amide bonds. The fraction of sp³-hybridized carbons (Fsp3) is 0.909. The lowest BCUT2D eigenvalue weighted by Crippen LogP contribution is -2.52. The normalized spacial score (nSPS) is 27.7. The molecule has 0 unspecified atom stereocenters. The minimum atomic E-state index is 0.284. The van der Waals surface area contributed by atoms with Crippen LogP contribution in [0.1, 0.15) is 19.8 Å². The Morgan fingerprint density at radius 3 is 2.87 bits per heavy atom. The van der Waals surface area contributed by atoms with Crippen LogP contribution in [-0.4, -0.2) is 61.0 Å². The van der Waals surface area contributed by atoms with Gasteiger partial charge in [0.15, 0.2) is 0 Å². The second-order valence-corrected chi connectivity index (χ2v) is 4.83. The molecule has 1 saturated carbocycles. The predicted molar refractivity (Wildman–Crippen MR) is 59.7 cm³/mol. The molecular weight excluding hydrogens is 190 g/mol. The number of hydrogen-bond donors (Lipinski definition) is 1. The summed E-state index contributed by atoms with van der Waals surface area (Å²) in [4.78, 5) is 16.0. The highest BCUT2D eigenvalue weighted by Gasteiger charge is 2.30. The van der Waals surface area contributed by atoms with Gasteiger partial charge in [0, 0.05) is 38.8 Å². The number of amides is 1. The van der Waals surface area contributed by atoms with E-state index in [0.29, 0.717) is 18.6 Å². The number of hydrogen-bond acceptors (Lipinski definition) is 3. The molecule has 2 aliphatic rings. The maximum absolute atomic E-state index is 11.9. The van der Waals surface area contributed by atoms with E-state index in [1.807, 2.05) is 11.9 Å². The summed E-state index contributed by atoms with van der Waals surface area (Å²) < 4.78 is 0. The largest absolute Gasteiger partial charge is 0.342 e. The second kappa shape index (κ2) is 4.49. The lowest BCUT2D eigenvalue weighted by atomic mass is 10.2. The number of piperazine rings is 1. The van der Waals surface area contributed by atoms with E-state index in [9.17, 15) is 4.79 Å². The second-order valence-electron chi connectivity index (χ2n) is 4.83. The molecule has 86 valence electrons. The van der Waals surface area contributed by atoms with E-state index in [0.717, 1.165) is 19.6 Å². The van der Waals surface area contributed by atoms with E-state index in [1.54, 1.807) is 0 Å². The fourth-order valence-corrected chi connectivity index (χ4v) is 2.12. The molecular formula is C11H21N3O. The average Bonchev–Trinajstić information content (AvgIpc) is 2.99. The molecule has 1 heterocycles. The molecule has 1 saturated heterocycles. The summed E-state index contributed by atoms with van der Waals surface area (Å²) in [6.45, 7) is 5.75. The Labute approximate surface area is 91.6 Å². The van der Waals surface area contributed by atoms with Crippen LogP contribution in [0.25, 0.3) is 0 Å². The molecule has 1 atom stereocenters. The first kappa shape index (κ1) is 10.9. The van der Waals surface area contributed by atoms with Gasteiger partial charge in [0.2, 0.25) is 5.91 Å². The number of nitrogens with one attached hydrogen (secondary N) is 1. The summed E-state index contributed by atoms with van der Waals surface area (Å²) in [7, 11) is 1.94. The lowest BCUT2D eigenvalue weighted by molar-refractivity contribution is -0.131. The molecule has 0 aromatic rings. The number of rotatable bonds is 3. The molecule has 15 heavy (non-hydrogen) atoms. The number of likely N-dealkylation sites (N-methyl/N-ethyl adjacent to an activating group) is 1. The molecule has 1 N–H and O–H groups in total. The van der Waals surface area contributed by atoms with Crippen LogP contribution in [0.4, 0.5) is 0 Å². The van der Waals surface area contributed by atoms with Gasteiger partial charge in [-0.15, -0.1) is 0 Å². The zero-order chi connectivity index (χ0) is 10.8. The first-order valence-electron chi connectivity index (χ1n) is 5.88. The van der Waals surface area contributed by atoms with Crippen LogP contribution in [0.15, 0.2) is 0 Å². The highest BCUT2D eigenvalue weighted by molar-refractivity contribution is 5.78. The highest BCUT2D eigenvalue weighted by atomic mass is 16.2. The van der Waals surface area contributed by atoms with E-state index in [4.69, 9.17) is 0 Å². The summed E-state index contributed by atoms with van der Waals surface area (Å²) >= 11 is 0. The van der Waals surface area contributed by atoms with Crippen molar-refractivity contribution in [3.8, 4) is 0 Å². The number of nitrogens with zero attached hydrogens (tertiary/aromatic N) is 2. The van der Waals surface area contributed by atoms with Crippen molar-refractivity contribution in [3.63, 3.8) is 0 Å². The Bertz CT molecular complexity index is 240. The first-order valence-corrected chi connectivity index (χ1v) is 5.88.